The number of aromatic nitrogens is 1. The smallest absolute Gasteiger partial charge is 0.0837 e. The zero-order valence-electron chi connectivity index (χ0n) is 8.64. The summed E-state index contributed by atoms with van der Waals surface area (Å²) in [6.45, 7) is 0.483. The van der Waals surface area contributed by atoms with Crippen molar-refractivity contribution in [3.05, 3.63) is 34.4 Å². The van der Waals surface area contributed by atoms with E-state index in [4.69, 9.17) is 23.6 Å². The summed E-state index contributed by atoms with van der Waals surface area (Å²) >= 11 is 14.2. The largest absolute Gasteiger partial charge is 0.361 e. The van der Waals surface area contributed by atoms with Crippen molar-refractivity contribution in [3.63, 3.8) is 0 Å². The maximum Gasteiger partial charge on any atom is 0.0837 e. The zero-order chi connectivity index (χ0) is 12.3. The average molecular weight is 339 g/mol. The van der Waals surface area contributed by atoms with E-state index in [1.54, 1.807) is 0 Å². The molecule has 7 heteroatoms. The topological polar surface area (TPSA) is 49.1 Å². The molecular weight excluding hydrogens is 329 g/mol. The molecule has 1 aromatic heterocycles. The van der Waals surface area contributed by atoms with Crippen molar-refractivity contribution < 1.29 is 4.39 Å². The first-order valence-electron chi connectivity index (χ1n) is 4.89. The Bertz CT molecular complexity index is 499. The summed E-state index contributed by atoms with van der Waals surface area (Å²) in [7, 11) is 0. The molecule has 1 heterocycles. The number of nitrogens with one attached hydrogen (secondary N) is 3. The van der Waals surface area contributed by atoms with Gasteiger partial charge in [0.05, 0.1) is 17.9 Å². The van der Waals surface area contributed by atoms with E-state index in [1.165, 1.54) is 0 Å². The summed E-state index contributed by atoms with van der Waals surface area (Å²) < 4.78 is 5.47. The minimum Gasteiger partial charge on any atom is -0.361 e. The first-order valence-corrected chi connectivity index (χ1v) is 6.37. The maximum absolute atomic E-state index is 5.52. The van der Waals surface area contributed by atoms with Gasteiger partial charge in [0.1, 0.15) is 0 Å². The van der Waals surface area contributed by atoms with Gasteiger partial charge in [-0.2, -0.15) is 9.87 Å². The highest BCUT2D eigenvalue weighted by molar-refractivity contribution is 9.10. The molecule has 3 N–H and O–H groups in total. The van der Waals surface area contributed by atoms with Crippen LogP contribution in [0.15, 0.2) is 28.9 Å². The van der Waals surface area contributed by atoms with Crippen LogP contribution in [0.3, 0.4) is 0 Å². The van der Waals surface area contributed by atoms with Crippen molar-refractivity contribution >= 4 is 50.5 Å². The summed E-state index contributed by atoms with van der Waals surface area (Å²) in [6, 6.07) is 5.86. The molecule has 2 aromatic rings. The number of rotatable bonds is 5. The lowest BCUT2D eigenvalue weighted by molar-refractivity contribution is 0.175. The third-order valence-electron chi connectivity index (χ3n) is 2.52. The third-order valence-corrected chi connectivity index (χ3v) is 3.26. The molecule has 92 valence electrons. The SMILES string of the molecule is ClNCC(NOCl)c1c[nH]c2cc(Br)ccc12. The molecule has 0 aliphatic rings. The van der Waals surface area contributed by atoms with Crippen LogP contribution in [0.25, 0.3) is 10.9 Å². The van der Waals surface area contributed by atoms with E-state index in [9.17, 15) is 0 Å². The van der Waals surface area contributed by atoms with Gasteiger partial charge in [-0.1, -0.05) is 22.0 Å². The van der Waals surface area contributed by atoms with Gasteiger partial charge in [0.15, 0.2) is 0 Å². The van der Waals surface area contributed by atoms with Gasteiger partial charge in [-0.3, -0.25) is 0 Å². The van der Waals surface area contributed by atoms with Crippen LogP contribution in [0, 0.1) is 0 Å². The molecule has 0 saturated heterocycles. The number of H-pyrrole nitrogens is 1. The molecule has 0 spiro atoms. The maximum atomic E-state index is 5.52. The van der Waals surface area contributed by atoms with Crippen LogP contribution < -0.4 is 10.3 Å². The van der Waals surface area contributed by atoms with E-state index in [0.717, 1.165) is 20.9 Å². The van der Waals surface area contributed by atoms with Crippen LogP contribution >= 0.6 is 39.6 Å². The predicted molar refractivity (Wildman–Crippen MR) is 72.7 cm³/mol. The lowest BCUT2D eigenvalue weighted by Gasteiger charge is -2.14. The van der Waals surface area contributed by atoms with Gasteiger partial charge in [-0.15, -0.1) is 0 Å². The molecule has 0 saturated carbocycles. The fourth-order valence-electron chi connectivity index (χ4n) is 1.76. The van der Waals surface area contributed by atoms with E-state index in [0.29, 0.717) is 6.54 Å². The van der Waals surface area contributed by atoms with Crippen molar-refractivity contribution in [1.82, 2.24) is 15.3 Å². The second-order valence-electron chi connectivity index (χ2n) is 3.52. The van der Waals surface area contributed by atoms with Crippen molar-refractivity contribution in [2.45, 2.75) is 6.04 Å². The van der Waals surface area contributed by atoms with Gasteiger partial charge in [-0.25, -0.2) is 4.84 Å². The fraction of sp³-hybridized carbons (Fsp3) is 0.200. The van der Waals surface area contributed by atoms with Crippen LogP contribution in [-0.2, 0) is 4.39 Å². The highest BCUT2D eigenvalue weighted by Crippen LogP contribution is 2.26. The Kier molecular flexibility index (Phi) is 4.67. The monoisotopic (exact) mass is 337 g/mol. The van der Waals surface area contributed by atoms with E-state index in [1.807, 2.05) is 24.4 Å². The van der Waals surface area contributed by atoms with Crippen LogP contribution in [0.2, 0.25) is 0 Å². The first-order chi connectivity index (χ1) is 8.26. The molecule has 0 aliphatic carbocycles. The number of hydroxylamine groups is 1. The molecule has 0 amide bonds. The first kappa shape index (κ1) is 13.1. The third kappa shape index (κ3) is 2.93. The van der Waals surface area contributed by atoms with Crippen molar-refractivity contribution in [3.8, 4) is 0 Å². The Hall–Kier alpha value is -0.300. The molecule has 1 atom stereocenters. The molecule has 1 aromatic carbocycles. The summed E-state index contributed by atoms with van der Waals surface area (Å²) in [5.74, 6) is 0. The fourth-order valence-corrected chi connectivity index (χ4v) is 2.38. The molecule has 2 rings (SSSR count). The summed E-state index contributed by atoms with van der Waals surface area (Å²) in [6.07, 6.45) is 1.90. The Balaban J connectivity index is 2.39. The molecule has 4 nitrogen and oxygen atoms in total. The van der Waals surface area contributed by atoms with Gasteiger partial charge in [-0.05, 0) is 29.5 Å². The van der Waals surface area contributed by atoms with Gasteiger partial charge < -0.3 is 4.98 Å². The standard InChI is InChI=1S/C10H10BrCl2N3O/c11-6-1-2-7-8(4-14-9(7)3-6)10(5-15-12)16-17-13/h1-4,10,14-16H,5H2. The van der Waals surface area contributed by atoms with Gasteiger partial charge >= 0.3 is 0 Å². The van der Waals surface area contributed by atoms with Crippen molar-refractivity contribution in [2.24, 2.45) is 0 Å². The Morgan fingerprint density at radius 3 is 3.00 bits per heavy atom. The second-order valence-corrected chi connectivity index (χ2v) is 4.86. The highest BCUT2D eigenvalue weighted by Gasteiger charge is 2.15. The molecule has 1 unspecified atom stereocenters. The lowest BCUT2D eigenvalue weighted by Crippen LogP contribution is -2.26. The predicted octanol–water partition coefficient (Wildman–Crippen LogP) is 3.39. The number of hydrogen-bond donors (Lipinski definition) is 3. The van der Waals surface area contributed by atoms with Crippen LogP contribution in [0.1, 0.15) is 11.6 Å². The molecule has 0 bridgehead atoms. The number of hydrogen-bond acceptors (Lipinski definition) is 3. The van der Waals surface area contributed by atoms with E-state index >= 15 is 0 Å². The molecule has 0 radical (unpaired) electrons. The quantitative estimate of drug-likeness (QED) is 0.578. The number of benzene rings is 1. The molecule has 0 fully saturated rings. The van der Waals surface area contributed by atoms with Crippen LogP contribution in [-0.4, -0.2) is 11.5 Å². The summed E-state index contributed by atoms with van der Waals surface area (Å²) in [4.78, 5) is 5.75. The Morgan fingerprint density at radius 2 is 2.29 bits per heavy atom. The second kappa shape index (κ2) is 6.04. The molecule has 17 heavy (non-hydrogen) atoms. The highest BCUT2D eigenvalue weighted by atomic mass is 79.9. The van der Waals surface area contributed by atoms with Gasteiger partial charge in [0.25, 0.3) is 0 Å². The minimum atomic E-state index is -0.139. The van der Waals surface area contributed by atoms with E-state index < -0.39 is 0 Å². The van der Waals surface area contributed by atoms with E-state index in [-0.39, 0.29) is 6.04 Å². The lowest BCUT2D eigenvalue weighted by atomic mass is 10.1. The number of halogens is 3. The van der Waals surface area contributed by atoms with Crippen molar-refractivity contribution in [2.75, 3.05) is 6.54 Å². The molecular formula is C10H10BrCl2N3O. The summed E-state index contributed by atoms with van der Waals surface area (Å²) in [5.41, 5.74) is 4.74. The Labute approximate surface area is 117 Å². The molecule has 0 aliphatic heterocycles. The van der Waals surface area contributed by atoms with E-state index in [2.05, 4.69) is 35.6 Å². The number of aromatic amines is 1. The van der Waals surface area contributed by atoms with Crippen LogP contribution in [0.4, 0.5) is 0 Å². The Morgan fingerprint density at radius 1 is 1.47 bits per heavy atom. The minimum absolute atomic E-state index is 0.139. The zero-order valence-corrected chi connectivity index (χ0v) is 11.7. The normalized spacial score (nSPS) is 13.1. The van der Waals surface area contributed by atoms with Crippen LogP contribution in [0.5, 0.6) is 0 Å². The van der Waals surface area contributed by atoms with Gasteiger partial charge in [0.2, 0.25) is 0 Å². The summed E-state index contributed by atoms with van der Waals surface area (Å²) in [5, 5.41) is 1.09. The average Bonchev–Trinajstić information content (AvgIpc) is 2.71. The van der Waals surface area contributed by atoms with Gasteiger partial charge in [0, 0.05) is 28.1 Å². The van der Waals surface area contributed by atoms with Crippen molar-refractivity contribution in [1.29, 1.82) is 0 Å². The number of fused-ring (bicyclic) bond motifs is 1.